The normalized spacial score (nSPS) is 11.9. The van der Waals surface area contributed by atoms with Gasteiger partial charge in [-0.2, -0.15) is 0 Å². The van der Waals surface area contributed by atoms with Gasteiger partial charge in [-0.3, -0.25) is 14.9 Å². The first-order valence-corrected chi connectivity index (χ1v) is 11.9. The van der Waals surface area contributed by atoms with Crippen molar-refractivity contribution in [2.24, 2.45) is 0 Å². The predicted octanol–water partition coefficient (Wildman–Crippen LogP) is 3.64. The van der Waals surface area contributed by atoms with Gasteiger partial charge in [0.05, 0.1) is 22.1 Å². The molecule has 2 aromatic carbocycles. The van der Waals surface area contributed by atoms with Gasteiger partial charge < -0.3 is 9.88 Å². The number of H-pyrrole nitrogens is 1. The van der Waals surface area contributed by atoms with E-state index in [9.17, 15) is 23.3 Å². The van der Waals surface area contributed by atoms with Gasteiger partial charge in [-0.1, -0.05) is 12.1 Å². The minimum atomic E-state index is -3.70. The maximum absolute atomic E-state index is 12.9. The van der Waals surface area contributed by atoms with E-state index in [-0.39, 0.29) is 23.0 Å². The number of amides is 1. The number of carbonyl (C=O) groups excluding carboxylic acids is 1. The van der Waals surface area contributed by atoms with Gasteiger partial charge in [0.25, 0.3) is 11.6 Å². The SMILES string of the molecule is Cc1[nH]c(CN(C)C(=O)c2ccc(S(=O)(=O)NC(C)(C)C)cc2)nc1-c1cccc([N+](=O)[O-])c1. The number of nitro groups is 1. The van der Waals surface area contributed by atoms with Crippen LogP contribution in [-0.4, -0.2) is 46.7 Å². The molecular weight excluding hydrogens is 458 g/mol. The third-order valence-electron chi connectivity index (χ3n) is 4.85. The van der Waals surface area contributed by atoms with Gasteiger partial charge >= 0.3 is 0 Å². The van der Waals surface area contributed by atoms with E-state index in [0.717, 1.165) is 5.69 Å². The second kappa shape index (κ2) is 9.35. The smallest absolute Gasteiger partial charge is 0.270 e. The van der Waals surface area contributed by atoms with Crippen LogP contribution in [0.4, 0.5) is 5.69 Å². The molecule has 0 radical (unpaired) electrons. The first-order valence-electron chi connectivity index (χ1n) is 10.5. The Labute approximate surface area is 198 Å². The Kier molecular flexibility index (Phi) is 6.89. The highest BCUT2D eigenvalue weighted by Gasteiger charge is 2.23. The standard InChI is InChI=1S/C23H27N5O5S/c1-15-21(17-7-6-8-18(13-17)28(30)31)25-20(24-15)14-27(5)22(29)16-9-11-19(12-10-16)34(32,33)26-23(2,3)4/h6-13,26H,14H2,1-5H3,(H,24,25). The lowest BCUT2D eigenvalue weighted by atomic mass is 10.1. The maximum Gasteiger partial charge on any atom is 0.270 e. The number of nitrogens with zero attached hydrogens (tertiary/aromatic N) is 3. The van der Waals surface area contributed by atoms with Crippen LogP contribution >= 0.6 is 0 Å². The van der Waals surface area contributed by atoms with E-state index in [0.29, 0.717) is 22.6 Å². The lowest BCUT2D eigenvalue weighted by Gasteiger charge is -2.20. The van der Waals surface area contributed by atoms with E-state index in [1.165, 1.54) is 41.3 Å². The molecular formula is C23H27N5O5S. The van der Waals surface area contributed by atoms with Crippen LogP contribution in [0.2, 0.25) is 0 Å². The van der Waals surface area contributed by atoms with Crippen molar-refractivity contribution >= 4 is 21.6 Å². The molecule has 1 aromatic heterocycles. The second-order valence-corrected chi connectivity index (χ2v) is 10.7. The predicted molar refractivity (Wildman–Crippen MR) is 128 cm³/mol. The Balaban J connectivity index is 1.75. The highest BCUT2D eigenvalue weighted by atomic mass is 32.2. The number of rotatable bonds is 7. The average Bonchev–Trinajstić information content (AvgIpc) is 3.11. The van der Waals surface area contributed by atoms with Crippen LogP contribution in [0.3, 0.4) is 0 Å². The highest BCUT2D eigenvalue weighted by molar-refractivity contribution is 7.89. The summed E-state index contributed by atoms with van der Waals surface area (Å²) >= 11 is 0. The molecule has 0 spiro atoms. The summed E-state index contributed by atoms with van der Waals surface area (Å²) < 4.78 is 27.5. The van der Waals surface area contributed by atoms with E-state index >= 15 is 0 Å². The van der Waals surface area contributed by atoms with Crippen molar-refractivity contribution in [1.29, 1.82) is 0 Å². The summed E-state index contributed by atoms with van der Waals surface area (Å²) in [6.07, 6.45) is 0. The number of imidazole rings is 1. The van der Waals surface area contributed by atoms with E-state index in [4.69, 9.17) is 0 Å². The molecule has 0 unspecified atom stereocenters. The zero-order valence-corrected chi connectivity index (χ0v) is 20.4. The molecule has 0 atom stereocenters. The molecule has 0 fully saturated rings. The third-order valence-corrected chi connectivity index (χ3v) is 6.62. The molecule has 3 aromatic rings. The van der Waals surface area contributed by atoms with Crippen LogP contribution in [0.5, 0.6) is 0 Å². The van der Waals surface area contributed by atoms with Crippen molar-refractivity contribution in [3.63, 3.8) is 0 Å². The molecule has 0 bridgehead atoms. The zero-order valence-electron chi connectivity index (χ0n) is 19.6. The van der Waals surface area contributed by atoms with Gasteiger partial charge in [-0.15, -0.1) is 0 Å². The van der Waals surface area contributed by atoms with Crippen LogP contribution in [0.15, 0.2) is 53.4 Å². The van der Waals surface area contributed by atoms with Gasteiger partial charge in [-0.25, -0.2) is 18.1 Å². The van der Waals surface area contributed by atoms with E-state index in [1.54, 1.807) is 46.9 Å². The van der Waals surface area contributed by atoms with Crippen LogP contribution < -0.4 is 4.72 Å². The molecule has 0 aliphatic rings. The minimum Gasteiger partial charge on any atom is -0.344 e. The van der Waals surface area contributed by atoms with E-state index in [2.05, 4.69) is 14.7 Å². The molecule has 1 heterocycles. The number of hydrogen-bond donors (Lipinski definition) is 2. The molecule has 3 rings (SSSR count). The molecule has 180 valence electrons. The number of carbonyl (C=O) groups is 1. The van der Waals surface area contributed by atoms with Crippen molar-refractivity contribution in [1.82, 2.24) is 19.6 Å². The summed E-state index contributed by atoms with van der Waals surface area (Å²) in [6, 6.07) is 11.9. The number of hydrogen-bond acceptors (Lipinski definition) is 6. The number of benzene rings is 2. The zero-order chi connectivity index (χ0) is 25.3. The van der Waals surface area contributed by atoms with Gasteiger partial charge in [-0.05, 0) is 52.0 Å². The Morgan fingerprint density at radius 1 is 1.18 bits per heavy atom. The largest absolute Gasteiger partial charge is 0.344 e. The second-order valence-electron chi connectivity index (χ2n) is 9.01. The molecule has 2 N–H and O–H groups in total. The number of nitrogens with one attached hydrogen (secondary N) is 2. The summed E-state index contributed by atoms with van der Waals surface area (Å²) in [5.41, 5.74) is 1.57. The minimum absolute atomic E-state index is 0.0306. The van der Waals surface area contributed by atoms with E-state index < -0.39 is 20.5 Å². The van der Waals surface area contributed by atoms with Crippen LogP contribution in [0.1, 0.15) is 42.6 Å². The molecule has 11 heteroatoms. The number of sulfonamides is 1. The van der Waals surface area contributed by atoms with Crippen molar-refractivity contribution in [3.8, 4) is 11.3 Å². The summed E-state index contributed by atoms with van der Waals surface area (Å²) in [6.45, 7) is 7.21. The number of aromatic nitrogens is 2. The molecule has 1 amide bonds. The molecule has 0 aliphatic carbocycles. The molecule has 34 heavy (non-hydrogen) atoms. The quantitative estimate of drug-likeness (QED) is 0.387. The molecule has 0 saturated heterocycles. The fourth-order valence-electron chi connectivity index (χ4n) is 3.40. The van der Waals surface area contributed by atoms with Gasteiger partial charge in [0.15, 0.2) is 0 Å². The molecule has 0 aliphatic heterocycles. The fourth-order valence-corrected chi connectivity index (χ4v) is 4.82. The third kappa shape index (κ3) is 5.86. The van der Waals surface area contributed by atoms with Crippen LogP contribution in [0.25, 0.3) is 11.3 Å². The Hall–Kier alpha value is -3.57. The van der Waals surface area contributed by atoms with Crippen molar-refractivity contribution < 1.29 is 18.1 Å². The number of nitro benzene ring substituents is 1. The summed E-state index contributed by atoms with van der Waals surface area (Å²) in [7, 11) is -2.09. The Morgan fingerprint density at radius 2 is 1.82 bits per heavy atom. The lowest BCUT2D eigenvalue weighted by Crippen LogP contribution is -2.40. The van der Waals surface area contributed by atoms with Gasteiger partial charge in [0.1, 0.15) is 5.82 Å². The Morgan fingerprint density at radius 3 is 2.41 bits per heavy atom. The fraction of sp³-hybridized carbons (Fsp3) is 0.304. The number of aryl methyl sites for hydroxylation is 1. The van der Waals surface area contributed by atoms with Crippen molar-refractivity contribution in [2.45, 2.75) is 44.7 Å². The monoisotopic (exact) mass is 485 g/mol. The number of non-ortho nitro benzene ring substituents is 1. The first-order chi connectivity index (χ1) is 15.8. The van der Waals surface area contributed by atoms with Crippen molar-refractivity contribution in [2.75, 3.05) is 7.05 Å². The van der Waals surface area contributed by atoms with E-state index in [1.807, 2.05) is 0 Å². The van der Waals surface area contributed by atoms with Crippen molar-refractivity contribution in [3.05, 3.63) is 75.7 Å². The first kappa shape index (κ1) is 25.1. The highest BCUT2D eigenvalue weighted by Crippen LogP contribution is 2.25. The van der Waals surface area contributed by atoms with Gasteiger partial charge in [0, 0.05) is 41.5 Å². The molecule has 0 saturated carbocycles. The average molecular weight is 486 g/mol. The summed E-state index contributed by atoms with van der Waals surface area (Å²) in [5.74, 6) is 0.210. The summed E-state index contributed by atoms with van der Waals surface area (Å²) in [5, 5.41) is 11.1. The van der Waals surface area contributed by atoms with Crippen LogP contribution in [-0.2, 0) is 16.6 Å². The lowest BCUT2D eigenvalue weighted by molar-refractivity contribution is -0.384. The van der Waals surface area contributed by atoms with Crippen LogP contribution in [0, 0.1) is 17.0 Å². The topological polar surface area (TPSA) is 138 Å². The number of aromatic amines is 1. The Bertz CT molecular complexity index is 1320. The van der Waals surface area contributed by atoms with Gasteiger partial charge in [0.2, 0.25) is 10.0 Å². The maximum atomic E-state index is 12.9. The molecule has 10 nitrogen and oxygen atoms in total. The summed E-state index contributed by atoms with van der Waals surface area (Å²) in [4.78, 5) is 32.6.